The molecule has 0 saturated carbocycles. The van der Waals surface area contributed by atoms with Crippen LogP contribution >= 0.6 is 0 Å². The number of urea groups is 1. The van der Waals surface area contributed by atoms with Gasteiger partial charge in [0.05, 0.1) is 11.9 Å². The van der Waals surface area contributed by atoms with Crippen molar-refractivity contribution in [1.29, 1.82) is 0 Å². The second-order valence-corrected chi connectivity index (χ2v) is 4.52. The number of aryl methyl sites for hydroxylation is 2. The van der Waals surface area contributed by atoms with E-state index in [9.17, 15) is 9.59 Å². The number of nitrogens with two attached hydrogens (primary N) is 1. The fourth-order valence-corrected chi connectivity index (χ4v) is 1.93. The van der Waals surface area contributed by atoms with Gasteiger partial charge in [0.15, 0.2) is 0 Å². The van der Waals surface area contributed by atoms with Crippen LogP contribution in [0.15, 0.2) is 30.5 Å². The summed E-state index contributed by atoms with van der Waals surface area (Å²) in [6, 6.07) is 7.05. The summed E-state index contributed by atoms with van der Waals surface area (Å²) in [5.74, 6) is -0.655. The SMILES string of the molecule is CCc1ccc(NC(=O)Nc2cnn(C)c2C(N)=O)cc1. The molecule has 0 unspecified atom stereocenters. The number of anilines is 2. The van der Waals surface area contributed by atoms with Gasteiger partial charge in [-0.2, -0.15) is 5.10 Å². The molecule has 0 aliphatic rings. The normalized spacial score (nSPS) is 10.2. The first-order valence-corrected chi connectivity index (χ1v) is 6.50. The molecule has 0 fully saturated rings. The summed E-state index contributed by atoms with van der Waals surface area (Å²) in [6.07, 6.45) is 2.31. The highest BCUT2D eigenvalue weighted by atomic mass is 16.2. The van der Waals surface area contributed by atoms with Crippen molar-refractivity contribution in [2.75, 3.05) is 10.6 Å². The van der Waals surface area contributed by atoms with Crippen molar-refractivity contribution in [3.05, 3.63) is 41.7 Å². The molecule has 2 rings (SSSR count). The molecule has 4 N–H and O–H groups in total. The van der Waals surface area contributed by atoms with Gasteiger partial charge in [0, 0.05) is 12.7 Å². The number of hydrogen-bond donors (Lipinski definition) is 3. The number of primary amides is 1. The topological polar surface area (TPSA) is 102 Å². The average molecular weight is 287 g/mol. The molecule has 0 spiro atoms. The van der Waals surface area contributed by atoms with Crippen molar-refractivity contribution in [2.45, 2.75) is 13.3 Å². The highest BCUT2D eigenvalue weighted by Gasteiger charge is 2.15. The zero-order valence-corrected chi connectivity index (χ0v) is 11.9. The molecule has 3 amide bonds. The van der Waals surface area contributed by atoms with E-state index in [2.05, 4.69) is 22.7 Å². The van der Waals surface area contributed by atoms with Gasteiger partial charge < -0.3 is 16.4 Å². The Kier molecular flexibility index (Phi) is 4.22. The minimum Gasteiger partial charge on any atom is -0.364 e. The molecule has 21 heavy (non-hydrogen) atoms. The van der Waals surface area contributed by atoms with Crippen LogP contribution in [0.1, 0.15) is 23.0 Å². The number of nitrogens with one attached hydrogen (secondary N) is 2. The second kappa shape index (κ2) is 6.08. The number of aromatic nitrogens is 2. The minimum atomic E-state index is -0.655. The van der Waals surface area contributed by atoms with Crippen LogP contribution in [-0.2, 0) is 13.5 Å². The molecule has 7 heteroatoms. The highest BCUT2D eigenvalue weighted by molar-refractivity contribution is 6.05. The van der Waals surface area contributed by atoms with Crippen molar-refractivity contribution in [1.82, 2.24) is 9.78 Å². The molecule has 0 aliphatic heterocycles. The standard InChI is InChI=1S/C14H17N5O2/c1-3-9-4-6-10(7-5-9)17-14(21)18-11-8-16-19(2)12(11)13(15)20/h4-8H,3H2,1-2H3,(H2,15,20)(H2,17,18,21). The molecule has 1 heterocycles. The van der Waals surface area contributed by atoms with Crippen LogP contribution in [0.2, 0.25) is 0 Å². The molecule has 0 bridgehead atoms. The highest BCUT2D eigenvalue weighted by Crippen LogP contribution is 2.15. The number of benzene rings is 1. The van der Waals surface area contributed by atoms with E-state index < -0.39 is 11.9 Å². The van der Waals surface area contributed by atoms with Crippen molar-refractivity contribution >= 4 is 23.3 Å². The number of amides is 3. The molecular weight excluding hydrogens is 270 g/mol. The second-order valence-electron chi connectivity index (χ2n) is 4.52. The molecule has 2 aromatic rings. The Bertz CT molecular complexity index is 661. The first-order valence-electron chi connectivity index (χ1n) is 6.50. The van der Waals surface area contributed by atoms with Crippen molar-refractivity contribution in [3.63, 3.8) is 0 Å². The number of carbonyl (C=O) groups excluding carboxylic acids is 2. The molecule has 110 valence electrons. The first-order chi connectivity index (χ1) is 10.0. The third-order valence-electron chi connectivity index (χ3n) is 3.04. The van der Waals surface area contributed by atoms with Crippen LogP contribution < -0.4 is 16.4 Å². The Labute approximate surface area is 122 Å². The van der Waals surface area contributed by atoms with E-state index in [4.69, 9.17) is 5.73 Å². The Morgan fingerprint density at radius 1 is 1.24 bits per heavy atom. The largest absolute Gasteiger partial charge is 0.364 e. The summed E-state index contributed by atoms with van der Waals surface area (Å²) in [5, 5.41) is 9.13. The van der Waals surface area contributed by atoms with Gasteiger partial charge in [-0.1, -0.05) is 19.1 Å². The Morgan fingerprint density at radius 3 is 2.48 bits per heavy atom. The van der Waals surface area contributed by atoms with Gasteiger partial charge in [0.1, 0.15) is 5.69 Å². The van der Waals surface area contributed by atoms with Crippen LogP contribution in [0.3, 0.4) is 0 Å². The lowest BCUT2D eigenvalue weighted by Crippen LogP contribution is -2.23. The molecule has 7 nitrogen and oxygen atoms in total. The van der Waals surface area contributed by atoms with Crippen molar-refractivity contribution < 1.29 is 9.59 Å². The summed E-state index contributed by atoms with van der Waals surface area (Å²) in [6.45, 7) is 2.06. The molecule has 0 saturated heterocycles. The van der Waals surface area contributed by atoms with Crippen LogP contribution in [0, 0.1) is 0 Å². The summed E-state index contributed by atoms with van der Waals surface area (Å²) in [5.41, 5.74) is 7.51. The summed E-state index contributed by atoms with van der Waals surface area (Å²) in [7, 11) is 1.58. The molecule has 1 aromatic carbocycles. The maximum absolute atomic E-state index is 11.9. The zero-order chi connectivity index (χ0) is 15.4. The van der Waals surface area contributed by atoms with Gasteiger partial charge in [-0.25, -0.2) is 4.79 Å². The number of carbonyl (C=O) groups is 2. The lowest BCUT2D eigenvalue weighted by molar-refractivity contribution is 0.0992. The summed E-state index contributed by atoms with van der Waals surface area (Å²) < 4.78 is 1.31. The predicted octanol–water partition coefficient (Wildman–Crippen LogP) is 1.73. The van der Waals surface area contributed by atoms with Crippen LogP contribution in [0.5, 0.6) is 0 Å². The molecule has 0 atom stereocenters. The van der Waals surface area contributed by atoms with E-state index in [1.54, 1.807) is 7.05 Å². The number of hydrogen-bond acceptors (Lipinski definition) is 3. The predicted molar refractivity (Wildman–Crippen MR) is 80.2 cm³/mol. The number of nitrogens with zero attached hydrogens (tertiary/aromatic N) is 2. The lowest BCUT2D eigenvalue weighted by atomic mass is 10.1. The minimum absolute atomic E-state index is 0.145. The molecule has 0 aliphatic carbocycles. The fraction of sp³-hybridized carbons (Fsp3) is 0.214. The maximum Gasteiger partial charge on any atom is 0.323 e. The van der Waals surface area contributed by atoms with Gasteiger partial charge in [0.25, 0.3) is 5.91 Å². The lowest BCUT2D eigenvalue weighted by Gasteiger charge is -2.08. The molecule has 1 aromatic heterocycles. The van der Waals surface area contributed by atoms with E-state index in [0.29, 0.717) is 5.69 Å². The van der Waals surface area contributed by atoms with Gasteiger partial charge in [0.2, 0.25) is 0 Å². The fourth-order valence-electron chi connectivity index (χ4n) is 1.93. The average Bonchev–Trinajstić information content (AvgIpc) is 2.80. The van der Waals surface area contributed by atoms with Gasteiger partial charge in [-0.3, -0.25) is 9.48 Å². The maximum atomic E-state index is 11.9. The Balaban J connectivity index is 2.06. The smallest absolute Gasteiger partial charge is 0.323 e. The first kappa shape index (κ1) is 14.6. The summed E-state index contributed by atoms with van der Waals surface area (Å²) >= 11 is 0. The Hall–Kier alpha value is -2.83. The third-order valence-corrected chi connectivity index (χ3v) is 3.04. The van der Waals surface area contributed by atoms with Gasteiger partial charge in [-0.05, 0) is 24.1 Å². The van der Waals surface area contributed by atoms with Crippen LogP contribution in [0.25, 0.3) is 0 Å². The van der Waals surface area contributed by atoms with E-state index >= 15 is 0 Å². The van der Waals surface area contributed by atoms with Crippen molar-refractivity contribution in [3.8, 4) is 0 Å². The van der Waals surface area contributed by atoms with Gasteiger partial charge in [-0.15, -0.1) is 0 Å². The van der Waals surface area contributed by atoms with E-state index in [1.807, 2.05) is 24.3 Å². The Morgan fingerprint density at radius 2 is 1.90 bits per heavy atom. The van der Waals surface area contributed by atoms with Crippen LogP contribution in [0.4, 0.5) is 16.2 Å². The van der Waals surface area contributed by atoms with E-state index in [-0.39, 0.29) is 11.4 Å². The van der Waals surface area contributed by atoms with E-state index in [1.165, 1.54) is 16.4 Å². The van der Waals surface area contributed by atoms with Crippen LogP contribution in [-0.4, -0.2) is 21.7 Å². The quantitative estimate of drug-likeness (QED) is 0.797. The van der Waals surface area contributed by atoms with E-state index in [0.717, 1.165) is 6.42 Å². The molecule has 0 radical (unpaired) electrons. The monoisotopic (exact) mass is 287 g/mol. The zero-order valence-electron chi connectivity index (χ0n) is 11.9. The third kappa shape index (κ3) is 3.38. The molecular formula is C14H17N5O2. The van der Waals surface area contributed by atoms with Gasteiger partial charge >= 0.3 is 6.03 Å². The summed E-state index contributed by atoms with van der Waals surface area (Å²) in [4.78, 5) is 23.2. The number of rotatable bonds is 4. The van der Waals surface area contributed by atoms with Crippen molar-refractivity contribution in [2.24, 2.45) is 12.8 Å².